The quantitative estimate of drug-likeness (QED) is 0.825. The van der Waals surface area contributed by atoms with Gasteiger partial charge in [-0.3, -0.25) is 0 Å². The minimum absolute atomic E-state index is 0.301. The van der Waals surface area contributed by atoms with Gasteiger partial charge in [0.25, 0.3) is 0 Å². The molecule has 1 aromatic rings. The van der Waals surface area contributed by atoms with Crippen LogP contribution in [0.25, 0.3) is 5.32 Å². The number of nitrogens with one attached hydrogen (secondary N) is 2. The molecule has 0 spiro atoms. The second kappa shape index (κ2) is 7.63. The van der Waals surface area contributed by atoms with E-state index in [0.717, 1.165) is 19.6 Å². The third kappa shape index (κ3) is 4.30. The Morgan fingerprint density at radius 3 is 2.58 bits per heavy atom. The summed E-state index contributed by atoms with van der Waals surface area (Å²) in [6.45, 7) is 5.62. The average Bonchev–Trinajstić information content (AvgIpc) is 2.48. The zero-order chi connectivity index (χ0) is 13.5. The van der Waals surface area contributed by atoms with E-state index in [1.165, 1.54) is 18.4 Å². The molecule has 0 unspecified atom stereocenters. The maximum Gasteiger partial charge on any atom is 0.00913 e. The Kier molecular flexibility index (Phi) is 5.83. The maximum absolute atomic E-state index is 4.57. The summed E-state index contributed by atoms with van der Waals surface area (Å²) in [7, 11) is 1.93. The summed E-state index contributed by atoms with van der Waals surface area (Å²) in [6, 6.07) is 11.6. The van der Waals surface area contributed by atoms with Crippen molar-refractivity contribution in [2.75, 3.05) is 26.7 Å². The van der Waals surface area contributed by atoms with Gasteiger partial charge in [-0.15, -0.1) is 6.04 Å². The van der Waals surface area contributed by atoms with Crippen LogP contribution < -0.4 is 10.6 Å². The van der Waals surface area contributed by atoms with Crippen LogP contribution in [0, 0.1) is 5.92 Å². The Hall–Kier alpha value is -0.900. The highest BCUT2D eigenvalue weighted by Gasteiger charge is 2.15. The predicted molar refractivity (Wildman–Crippen MR) is 81.5 cm³/mol. The molecule has 1 fully saturated rings. The van der Waals surface area contributed by atoms with Crippen molar-refractivity contribution in [3.05, 3.63) is 41.2 Å². The van der Waals surface area contributed by atoms with Crippen molar-refractivity contribution in [3.8, 4) is 0 Å². The molecule has 0 amide bonds. The van der Waals surface area contributed by atoms with Crippen LogP contribution in [0.5, 0.6) is 0 Å². The number of hydrogen-bond donors (Lipinski definition) is 2. The topological polar surface area (TPSA) is 38.2 Å². The Morgan fingerprint density at radius 2 is 1.95 bits per heavy atom. The van der Waals surface area contributed by atoms with Gasteiger partial charge in [0, 0.05) is 6.04 Å². The summed E-state index contributed by atoms with van der Waals surface area (Å²) in [6.07, 6.45) is 2.48. The van der Waals surface area contributed by atoms with Crippen molar-refractivity contribution in [3.63, 3.8) is 0 Å². The molecule has 0 aliphatic carbocycles. The van der Waals surface area contributed by atoms with Gasteiger partial charge in [-0.25, -0.2) is 0 Å². The number of piperidine rings is 1. The van der Waals surface area contributed by atoms with E-state index in [2.05, 4.69) is 53.2 Å². The SMILES string of the molecule is C[N-][C@@H](c1ccccc1)[C@@H](C)CNC1CCNCC1. The van der Waals surface area contributed by atoms with Crippen LogP contribution in [0.15, 0.2) is 30.3 Å². The Bertz CT molecular complexity index is 346. The van der Waals surface area contributed by atoms with Gasteiger partial charge in [-0.05, 0) is 38.4 Å². The first-order chi connectivity index (χ1) is 9.31. The molecule has 0 bridgehead atoms. The summed E-state index contributed by atoms with van der Waals surface area (Å²) in [5.41, 5.74) is 1.32. The van der Waals surface area contributed by atoms with Crippen molar-refractivity contribution in [2.24, 2.45) is 5.92 Å². The molecule has 2 N–H and O–H groups in total. The lowest BCUT2D eigenvalue weighted by Crippen LogP contribution is -2.42. The molecule has 2 atom stereocenters. The van der Waals surface area contributed by atoms with Crippen LogP contribution in [0.3, 0.4) is 0 Å². The fourth-order valence-corrected chi connectivity index (χ4v) is 2.87. The fraction of sp³-hybridized carbons (Fsp3) is 0.625. The summed E-state index contributed by atoms with van der Waals surface area (Å²) < 4.78 is 0. The van der Waals surface area contributed by atoms with Gasteiger partial charge in [0.15, 0.2) is 0 Å². The molecule has 1 saturated heterocycles. The smallest absolute Gasteiger partial charge is 0.00913 e. The standard InChI is InChI=1S/C16H26N3/c1-13(12-19-15-8-10-18-11-9-15)16(17-2)14-6-4-3-5-7-14/h3-7,13,15-16,18-19H,8-12H2,1-2H3/q-1/t13-,16+/m0/s1. The van der Waals surface area contributed by atoms with Crippen molar-refractivity contribution in [1.29, 1.82) is 0 Å². The summed E-state index contributed by atoms with van der Waals surface area (Å²) in [4.78, 5) is 0. The van der Waals surface area contributed by atoms with Gasteiger partial charge in [-0.1, -0.05) is 42.8 Å². The van der Waals surface area contributed by atoms with E-state index in [9.17, 15) is 0 Å². The normalized spacial score (nSPS) is 20.1. The average molecular weight is 260 g/mol. The first-order valence-corrected chi connectivity index (χ1v) is 7.39. The lowest BCUT2D eigenvalue weighted by molar-refractivity contribution is 0.353. The molecule has 3 nitrogen and oxygen atoms in total. The Morgan fingerprint density at radius 1 is 1.26 bits per heavy atom. The number of hydrogen-bond acceptors (Lipinski definition) is 2. The third-order valence-electron chi connectivity index (χ3n) is 4.03. The Labute approximate surface area is 117 Å². The van der Waals surface area contributed by atoms with E-state index in [1.54, 1.807) is 0 Å². The summed E-state index contributed by atoms with van der Waals surface area (Å²) in [5, 5.41) is 11.7. The van der Waals surface area contributed by atoms with Gasteiger partial charge >= 0.3 is 0 Å². The highest BCUT2D eigenvalue weighted by atomic mass is 15.0. The van der Waals surface area contributed by atoms with E-state index >= 15 is 0 Å². The van der Waals surface area contributed by atoms with Gasteiger partial charge in [0.1, 0.15) is 0 Å². The number of rotatable bonds is 6. The van der Waals surface area contributed by atoms with Crippen LogP contribution in [0.2, 0.25) is 0 Å². The number of nitrogens with zero attached hydrogens (tertiary/aromatic N) is 1. The third-order valence-corrected chi connectivity index (χ3v) is 4.03. The summed E-state index contributed by atoms with van der Waals surface area (Å²) >= 11 is 0. The first-order valence-electron chi connectivity index (χ1n) is 7.39. The van der Waals surface area contributed by atoms with Crippen molar-refractivity contribution in [2.45, 2.75) is 31.8 Å². The second-order valence-electron chi connectivity index (χ2n) is 5.52. The van der Waals surface area contributed by atoms with Crippen molar-refractivity contribution in [1.82, 2.24) is 10.6 Å². The lowest BCUT2D eigenvalue weighted by Gasteiger charge is -2.36. The molecule has 2 rings (SSSR count). The van der Waals surface area contributed by atoms with Crippen LogP contribution in [0.4, 0.5) is 0 Å². The number of benzene rings is 1. The molecule has 0 saturated carbocycles. The maximum atomic E-state index is 4.57. The van der Waals surface area contributed by atoms with Gasteiger partial charge in [-0.2, -0.15) is 7.05 Å². The van der Waals surface area contributed by atoms with Crippen LogP contribution in [0.1, 0.15) is 31.4 Å². The fourth-order valence-electron chi connectivity index (χ4n) is 2.87. The molecule has 1 aromatic carbocycles. The molecule has 19 heavy (non-hydrogen) atoms. The highest BCUT2D eigenvalue weighted by molar-refractivity contribution is 5.23. The molecule has 3 heteroatoms. The van der Waals surface area contributed by atoms with Gasteiger partial charge in [0.2, 0.25) is 0 Å². The molecule has 1 aliphatic rings. The van der Waals surface area contributed by atoms with Crippen molar-refractivity contribution < 1.29 is 0 Å². The van der Waals surface area contributed by atoms with Gasteiger partial charge < -0.3 is 16.0 Å². The molecular weight excluding hydrogens is 234 g/mol. The largest absolute Gasteiger partial charge is 0.658 e. The summed E-state index contributed by atoms with van der Waals surface area (Å²) in [5.74, 6) is 0.530. The van der Waals surface area contributed by atoms with Crippen LogP contribution >= 0.6 is 0 Å². The molecule has 0 radical (unpaired) electrons. The first kappa shape index (κ1) is 14.5. The second-order valence-corrected chi connectivity index (χ2v) is 5.52. The van der Waals surface area contributed by atoms with E-state index in [-0.39, 0.29) is 0 Å². The molecule has 1 aliphatic heterocycles. The molecule has 106 valence electrons. The zero-order valence-electron chi connectivity index (χ0n) is 12.1. The molecule has 1 heterocycles. The van der Waals surface area contributed by atoms with Crippen LogP contribution in [-0.2, 0) is 0 Å². The van der Waals surface area contributed by atoms with Gasteiger partial charge in [0.05, 0.1) is 0 Å². The minimum atomic E-state index is 0.301. The monoisotopic (exact) mass is 260 g/mol. The minimum Gasteiger partial charge on any atom is -0.658 e. The van der Waals surface area contributed by atoms with E-state index in [1.807, 2.05) is 7.05 Å². The van der Waals surface area contributed by atoms with E-state index in [0.29, 0.717) is 18.0 Å². The van der Waals surface area contributed by atoms with Crippen molar-refractivity contribution >= 4 is 0 Å². The predicted octanol–water partition coefficient (Wildman–Crippen LogP) is 2.71. The van der Waals surface area contributed by atoms with Crippen LogP contribution in [-0.4, -0.2) is 32.7 Å². The van der Waals surface area contributed by atoms with E-state index < -0.39 is 0 Å². The highest BCUT2D eigenvalue weighted by Crippen LogP contribution is 2.28. The van der Waals surface area contributed by atoms with E-state index in [4.69, 9.17) is 0 Å². The lowest BCUT2D eigenvalue weighted by atomic mass is 9.94. The molecule has 0 aromatic heterocycles. The zero-order valence-corrected chi connectivity index (χ0v) is 12.1. The molecular formula is C16H26N3-. The Balaban J connectivity index is 1.84.